The standard InChI is InChI=1S/C33H37NO7/c35-19-24-18-25-31(33(40)34(32(25)39)16-8-2-5-13-29(37)38)26-20-41-28(30(24)26)15-14-22(21-9-3-1-4-10-21)17-23-11-6-7-12-27(23)36/h1,3-4,6-7,9-12,17,25-26,28,31,35-36H,2,5,8,13-16,18-20H2,(H,37,38)/b22-17-/t25-,26+,28-,31-/m1/s1. The summed E-state index contributed by atoms with van der Waals surface area (Å²) in [5.41, 5.74) is 4.58. The van der Waals surface area contributed by atoms with Crippen molar-refractivity contribution in [3.05, 3.63) is 76.9 Å². The molecule has 0 unspecified atom stereocenters. The number of carbonyl (C=O) groups excluding carboxylic acids is 2. The number of carboxylic acids is 1. The lowest BCUT2D eigenvalue weighted by molar-refractivity contribution is -0.141. The molecule has 0 aromatic heterocycles. The molecule has 2 aromatic rings. The van der Waals surface area contributed by atoms with E-state index in [1.807, 2.05) is 48.5 Å². The van der Waals surface area contributed by atoms with Crippen LogP contribution in [0.5, 0.6) is 5.75 Å². The van der Waals surface area contributed by atoms with E-state index in [9.17, 15) is 24.6 Å². The Bertz CT molecular complexity index is 1350. The van der Waals surface area contributed by atoms with Crippen molar-refractivity contribution in [2.75, 3.05) is 19.8 Å². The minimum absolute atomic E-state index is 0.0781. The van der Waals surface area contributed by atoms with E-state index in [0.717, 1.165) is 27.8 Å². The van der Waals surface area contributed by atoms with Crippen molar-refractivity contribution >= 4 is 29.4 Å². The second-order valence-electron chi connectivity index (χ2n) is 11.1. The topological polar surface area (TPSA) is 124 Å². The highest BCUT2D eigenvalue weighted by Gasteiger charge is 2.56. The number of ether oxygens (including phenoxy) is 1. The summed E-state index contributed by atoms with van der Waals surface area (Å²) in [4.78, 5) is 38.9. The van der Waals surface area contributed by atoms with Gasteiger partial charge in [-0.05, 0) is 66.5 Å². The highest BCUT2D eigenvalue weighted by Crippen LogP contribution is 2.50. The van der Waals surface area contributed by atoms with Crippen molar-refractivity contribution in [2.45, 2.75) is 51.0 Å². The van der Waals surface area contributed by atoms with Crippen LogP contribution in [0.3, 0.4) is 0 Å². The number of aliphatic carboxylic acids is 1. The summed E-state index contributed by atoms with van der Waals surface area (Å²) in [5.74, 6) is -2.22. The van der Waals surface area contributed by atoms with E-state index >= 15 is 0 Å². The SMILES string of the molecule is O=C(O)CCCCCN1C(=O)[C@@H]2[C@@H](CC(CO)=C3[C@@H](CC/C(=C/c4ccccc4O)c4ccccc4)OC[C@@H]32)C1=O. The monoisotopic (exact) mass is 559 g/mol. The predicted octanol–water partition coefficient (Wildman–Crippen LogP) is 4.67. The number of para-hydroxylation sites is 1. The highest BCUT2D eigenvalue weighted by atomic mass is 16.5. The van der Waals surface area contributed by atoms with Gasteiger partial charge in [0.2, 0.25) is 11.8 Å². The van der Waals surface area contributed by atoms with Gasteiger partial charge in [0, 0.05) is 24.4 Å². The molecule has 1 aliphatic carbocycles. The quantitative estimate of drug-likeness (QED) is 0.149. The third-order valence-electron chi connectivity index (χ3n) is 8.65. The van der Waals surface area contributed by atoms with E-state index in [2.05, 4.69) is 0 Å². The molecular weight excluding hydrogens is 522 g/mol. The van der Waals surface area contributed by atoms with E-state index < -0.39 is 17.8 Å². The van der Waals surface area contributed by atoms with Gasteiger partial charge in [-0.3, -0.25) is 19.3 Å². The van der Waals surface area contributed by atoms with Crippen LogP contribution in [0, 0.1) is 17.8 Å². The van der Waals surface area contributed by atoms with Gasteiger partial charge in [-0.15, -0.1) is 0 Å². The molecule has 2 saturated heterocycles. The first-order valence-corrected chi connectivity index (χ1v) is 14.4. The van der Waals surface area contributed by atoms with Gasteiger partial charge in [-0.25, -0.2) is 0 Å². The first-order chi connectivity index (χ1) is 19.9. The number of rotatable bonds is 12. The number of nitrogens with zero attached hydrogens (tertiary/aromatic N) is 1. The Kier molecular flexibility index (Phi) is 9.00. The minimum atomic E-state index is -0.847. The predicted molar refractivity (Wildman–Crippen MR) is 153 cm³/mol. The van der Waals surface area contributed by atoms with Crippen LogP contribution in [0.1, 0.15) is 56.1 Å². The fourth-order valence-corrected chi connectivity index (χ4v) is 6.66. The number of hydrogen-bond acceptors (Lipinski definition) is 6. The number of phenolic OH excluding ortho intramolecular Hbond substituents is 1. The third kappa shape index (κ3) is 6.14. The number of carboxylic acid groups (broad SMARTS) is 1. The molecule has 3 N–H and O–H groups in total. The summed E-state index contributed by atoms with van der Waals surface area (Å²) in [6.45, 7) is 0.452. The van der Waals surface area contributed by atoms with Crippen LogP contribution in [-0.4, -0.2) is 63.9 Å². The zero-order valence-electron chi connectivity index (χ0n) is 23.1. The maximum Gasteiger partial charge on any atom is 0.303 e. The molecule has 2 aliphatic heterocycles. The average molecular weight is 560 g/mol. The lowest BCUT2D eigenvalue weighted by Crippen LogP contribution is -2.35. The molecule has 8 heteroatoms. The maximum absolute atomic E-state index is 13.5. The van der Waals surface area contributed by atoms with Crippen molar-refractivity contribution in [1.82, 2.24) is 4.90 Å². The van der Waals surface area contributed by atoms with Crippen molar-refractivity contribution < 1.29 is 34.4 Å². The number of allylic oxidation sites excluding steroid dienone is 1. The number of fused-ring (bicyclic) bond motifs is 3. The van der Waals surface area contributed by atoms with Crippen LogP contribution < -0.4 is 0 Å². The van der Waals surface area contributed by atoms with E-state index in [0.29, 0.717) is 51.7 Å². The second-order valence-corrected chi connectivity index (χ2v) is 11.1. The fourth-order valence-electron chi connectivity index (χ4n) is 6.66. The van der Waals surface area contributed by atoms with Crippen LogP contribution >= 0.6 is 0 Å². The first-order valence-electron chi connectivity index (χ1n) is 14.4. The molecule has 5 rings (SSSR count). The molecule has 0 bridgehead atoms. The Hall–Kier alpha value is -3.75. The number of amides is 2. The molecule has 2 aromatic carbocycles. The molecular formula is C33H37NO7. The maximum atomic E-state index is 13.5. The molecule has 216 valence electrons. The van der Waals surface area contributed by atoms with Gasteiger partial charge in [-0.2, -0.15) is 0 Å². The summed E-state index contributed by atoms with van der Waals surface area (Å²) >= 11 is 0. The number of aliphatic hydroxyl groups excluding tert-OH is 1. The lowest BCUT2D eigenvalue weighted by Gasteiger charge is -2.31. The molecule has 0 radical (unpaired) electrons. The number of carbonyl (C=O) groups is 3. The Balaban J connectivity index is 1.31. The number of aromatic hydroxyl groups is 1. The fraction of sp³-hybridized carbons (Fsp3) is 0.424. The molecule has 8 nitrogen and oxygen atoms in total. The van der Waals surface area contributed by atoms with Crippen molar-refractivity contribution in [3.63, 3.8) is 0 Å². The summed E-state index contributed by atoms with van der Waals surface area (Å²) in [6.07, 6.45) is 5.17. The van der Waals surface area contributed by atoms with Gasteiger partial charge < -0.3 is 20.1 Å². The van der Waals surface area contributed by atoms with Gasteiger partial charge in [-0.1, -0.05) is 55.0 Å². The van der Waals surface area contributed by atoms with Gasteiger partial charge in [0.1, 0.15) is 5.75 Å². The Morgan fingerprint density at radius 1 is 0.951 bits per heavy atom. The number of imide groups is 1. The van der Waals surface area contributed by atoms with Crippen molar-refractivity contribution in [3.8, 4) is 5.75 Å². The van der Waals surface area contributed by atoms with Crippen LogP contribution in [0.2, 0.25) is 0 Å². The zero-order valence-corrected chi connectivity index (χ0v) is 23.1. The van der Waals surface area contributed by atoms with E-state index in [-0.39, 0.29) is 42.6 Å². The van der Waals surface area contributed by atoms with Gasteiger partial charge >= 0.3 is 5.97 Å². The van der Waals surface area contributed by atoms with Gasteiger partial charge in [0.15, 0.2) is 0 Å². The molecule has 0 saturated carbocycles. The van der Waals surface area contributed by atoms with Gasteiger partial charge in [0.25, 0.3) is 0 Å². The Labute approximate surface area is 239 Å². The number of unbranched alkanes of at least 4 members (excludes halogenated alkanes) is 2. The molecule has 2 amide bonds. The summed E-state index contributed by atoms with van der Waals surface area (Å²) in [5, 5.41) is 29.5. The number of benzene rings is 2. The average Bonchev–Trinajstić information content (AvgIpc) is 3.50. The second kappa shape index (κ2) is 12.8. The zero-order chi connectivity index (χ0) is 28.9. The van der Waals surface area contributed by atoms with Crippen molar-refractivity contribution in [2.24, 2.45) is 17.8 Å². The minimum Gasteiger partial charge on any atom is -0.507 e. The molecule has 2 heterocycles. The van der Waals surface area contributed by atoms with E-state index in [1.54, 1.807) is 12.1 Å². The summed E-state index contributed by atoms with van der Waals surface area (Å²) in [7, 11) is 0. The van der Waals surface area contributed by atoms with E-state index in [1.165, 1.54) is 4.90 Å². The lowest BCUT2D eigenvalue weighted by atomic mass is 9.69. The summed E-state index contributed by atoms with van der Waals surface area (Å²) < 4.78 is 6.27. The molecule has 3 aliphatic rings. The normalized spacial score (nSPS) is 24.1. The number of likely N-dealkylation sites (tertiary alicyclic amines) is 1. The first kappa shape index (κ1) is 28.8. The Morgan fingerprint density at radius 2 is 1.71 bits per heavy atom. The molecule has 0 spiro atoms. The largest absolute Gasteiger partial charge is 0.507 e. The Morgan fingerprint density at radius 3 is 2.44 bits per heavy atom. The number of phenols is 1. The van der Waals surface area contributed by atoms with Gasteiger partial charge in [0.05, 0.1) is 31.2 Å². The van der Waals surface area contributed by atoms with Crippen molar-refractivity contribution in [1.29, 1.82) is 0 Å². The highest BCUT2D eigenvalue weighted by molar-refractivity contribution is 6.06. The molecule has 4 atom stereocenters. The third-order valence-corrected chi connectivity index (χ3v) is 8.65. The molecule has 2 fully saturated rings. The smallest absolute Gasteiger partial charge is 0.303 e. The summed E-state index contributed by atoms with van der Waals surface area (Å²) in [6, 6.07) is 17.2. The van der Waals surface area contributed by atoms with Crippen LogP contribution in [0.4, 0.5) is 0 Å². The number of aliphatic hydroxyl groups is 1. The molecule has 41 heavy (non-hydrogen) atoms. The van der Waals surface area contributed by atoms with Crippen LogP contribution in [0.15, 0.2) is 65.7 Å². The van der Waals surface area contributed by atoms with E-state index in [4.69, 9.17) is 9.84 Å². The number of hydrogen-bond donors (Lipinski definition) is 3. The van der Waals surface area contributed by atoms with Crippen LogP contribution in [-0.2, 0) is 19.1 Å². The van der Waals surface area contributed by atoms with Crippen LogP contribution in [0.25, 0.3) is 11.6 Å².